The normalized spacial score (nSPS) is 10.6. The lowest BCUT2D eigenvalue weighted by Gasteiger charge is -2.13. The molecule has 0 bridgehead atoms. The van der Waals surface area contributed by atoms with Crippen LogP contribution in [0.2, 0.25) is 0 Å². The standard InChI is InChI=1S/C27H23N3O3/c1-3-32-26-15-20(12-13-25(26)33-18-22-10-6-5-9-21(22)16-28)14-23(17-29)27(31)30-24-11-7-4-8-19(24)2/h4-15H,3,18H2,1-2H3,(H,30,31)/b23-14-. The number of rotatable bonds is 8. The van der Waals surface area contributed by atoms with Crippen molar-refractivity contribution in [3.05, 3.63) is 94.6 Å². The molecule has 1 amide bonds. The first kappa shape index (κ1) is 23.1. The monoisotopic (exact) mass is 437 g/mol. The van der Waals surface area contributed by atoms with Crippen LogP contribution in [0.25, 0.3) is 6.08 Å². The van der Waals surface area contributed by atoms with E-state index in [1.807, 2.05) is 50.2 Å². The summed E-state index contributed by atoms with van der Waals surface area (Å²) in [4.78, 5) is 12.6. The van der Waals surface area contributed by atoms with Crippen LogP contribution in [-0.2, 0) is 11.4 Å². The van der Waals surface area contributed by atoms with Crippen LogP contribution < -0.4 is 14.8 Å². The Morgan fingerprint density at radius 3 is 2.48 bits per heavy atom. The van der Waals surface area contributed by atoms with E-state index in [0.29, 0.717) is 34.9 Å². The van der Waals surface area contributed by atoms with Gasteiger partial charge in [-0.1, -0.05) is 42.5 Å². The quantitative estimate of drug-likeness (QED) is 0.377. The minimum atomic E-state index is -0.488. The second-order valence-corrected chi connectivity index (χ2v) is 7.14. The summed E-state index contributed by atoms with van der Waals surface area (Å²) in [6.45, 7) is 4.36. The lowest BCUT2D eigenvalue weighted by molar-refractivity contribution is -0.112. The first-order chi connectivity index (χ1) is 16.0. The van der Waals surface area contributed by atoms with Gasteiger partial charge in [-0.3, -0.25) is 4.79 Å². The van der Waals surface area contributed by atoms with Crippen molar-refractivity contribution in [3.8, 4) is 23.6 Å². The molecule has 0 fully saturated rings. The Labute approximate surface area is 193 Å². The average molecular weight is 437 g/mol. The number of hydrogen-bond acceptors (Lipinski definition) is 5. The molecule has 0 spiro atoms. The first-order valence-corrected chi connectivity index (χ1v) is 10.4. The van der Waals surface area contributed by atoms with Gasteiger partial charge in [0.25, 0.3) is 5.91 Å². The molecule has 164 valence electrons. The average Bonchev–Trinajstić information content (AvgIpc) is 2.83. The minimum absolute atomic E-state index is 0.0303. The number of ether oxygens (including phenoxy) is 2. The molecule has 33 heavy (non-hydrogen) atoms. The van der Waals surface area contributed by atoms with E-state index < -0.39 is 5.91 Å². The molecule has 3 aromatic rings. The highest BCUT2D eigenvalue weighted by molar-refractivity contribution is 6.10. The lowest BCUT2D eigenvalue weighted by Crippen LogP contribution is -2.14. The summed E-state index contributed by atoms with van der Waals surface area (Å²) in [6, 6.07) is 23.9. The molecular formula is C27H23N3O3. The molecule has 0 heterocycles. The molecule has 1 N–H and O–H groups in total. The highest BCUT2D eigenvalue weighted by Gasteiger charge is 2.13. The van der Waals surface area contributed by atoms with E-state index in [4.69, 9.17) is 9.47 Å². The van der Waals surface area contributed by atoms with Crippen molar-refractivity contribution in [2.24, 2.45) is 0 Å². The summed E-state index contributed by atoms with van der Waals surface area (Å²) in [5.74, 6) is 0.500. The molecule has 6 nitrogen and oxygen atoms in total. The fourth-order valence-electron chi connectivity index (χ4n) is 3.13. The number of amides is 1. The molecule has 0 aromatic heterocycles. The van der Waals surface area contributed by atoms with Crippen LogP contribution in [0.1, 0.15) is 29.2 Å². The third-order valence-electron chi connectivity index (χ3n) is 4.86. The highest BCUT2D eigenvalue weighted by Crippen LogP contribution is 2.30. The van der Waals surface area contributed by atoms with E-state index in [1.165, 1.54) is 6.08 Å². The number of anilines is 1. The van der Waals surface area contributed by atoms with E-state index in [0.717, 1.165) is 11.1 Å². The van der Waals surface area contributed by atoms with Gasteiger partial charge in [0.05, 0.1) is 18.2 Å². The van der Waals surface area contributed by atoms with Gasteiger partial charge in [-0.25, -0.2) is 0 Å². The van der Waals surface area contributed by atoms with Gasteiger partial charge in [-0.05, 0) is 55.3 Å². The maximum atomic E-state index is 12.6. The van der Waals surface area contributed by atoms with E-state index in [2.05, 4.69) is 11.4 Å². The zero-order chi connectivity index (χ0) is 23.6. The predicted molar refractivity (Wildman–Crippen MR) is 126 cm³/mol. The van der Waals surface area contributed by atoms with Crippen molar-refractivity contribution < 1.29 is 14.3 Å². The largest absolute Gasteiger partial charge is 0.490 e. The summed E-state index contributed by atoms with van der Waals surface area (Å²) < 4.78 is 11.6. The molecule has 0 saturated carbocycles. The van der Waals surface area contributed by atoms with E-state index >= 15 is 0 Å². The molecule has 3 aromatic carbocycles. The van der Waals surface area contributed by atoms with Crippen LogP contribution in [0.5, 0.6) is 11.5 Å². The lowest BCUT2D eigenvalue weighted by atomic mass is 10.1. The van der Waals surface area contributed by atoms with E-state index in [9.17, 15) is 15.3 Å². The van der Waals surface area contributed by atoms with Gasteiger partial charge in [0.2, 0.25) is 0 Å². The SMILES string of the molecule is CCOc1cc(/C=C(/C#N)C(=O)Nc2ccccc2C)ccc1OCc1ccccc1C#N. The van der Waals surface area contributed by atoms with Gasteiger partial charge >= 0.3 is 0 Å². The van der Waals surface area contributed by atoms with Gasteiger partial charge in [0, 0.05) is 11.3 Å². The Bertz CT molecular complexity index is 1270. The molecule has 0 aliphatic carbocycles. The molecule has 0 atom stereocenters. The fraction of sp³-hybridized carbons (Fsp3) is 0.148. The molecule has 0 saturated heterocycles. The molecule has 0 aliphatic rings. The Balaban J connectivity index is 1.81. The molecule has 3 rings (SSSR count). The van der Waals surface area contributed by atoms with Gasteiger partial charge in [0.1, 0.15) is 18.2 Å². The van der Waals surface area contributed by atoms with E-state index in [-0.39, 0.29) is 12.2 Å². The number of aryl methyl sites for hydroxylation is 1. The number of nitrogens with zero attached hydrogens (tertiary/aromatic N) is 2. The van der Waals surface area contributed by atoms with Gasteiger partial charge in [-0.15, -0.1) is 0 Å². The number of carbonyl (C=O) groups excluding carboxylic acids is 1. The van der Waals surface area contributed by atoms with Crippen LogP contribution in [-0.4, -0.2) is 12.5 Å². The maximum Gasteiger partial charge on any atom is 0.266 e. The summed E-state index contributed by atoms with van der Waals surface area (Å²) >= 11 is 0. The molecular weight excluding hydrogens is 414 g/mol. The first-order valence-electron chi connectivity index (χ1n) is 10.4. The third kappa shape index (κ3) is 6.00. The maximum absolute atomic E-state index is 12.6. The van der Waals surface area contributed by atoms with Crippen molar-refractivity contribution in [1.82, 2.24) is 0 Å². The number of carbonyl (C=O) groups is 1. The topological polar surface area (TPSA) is 95.1 Å². The van der Waals surface area contributed by atoms with Crippen molar-refractivity contribution in [2.75, 3.05) is 11.9 Å². The molecule has 0 aliphatic heterocycles. The molecule has 0 unspecified atom stereocenters. The second kappa shape index (κ2) is 11.2. The van der Waals surface area contributed by atoms with Crippen LogP contribution in [0.3, 0.4) is 0 Å². The third-order valence-corrected chi connectivity index (χ3v) is 4.86. The Morgan fingerprint density at radius 2 is 1.76 bits per heavy atom. The molecule has 6 heteroatoms. The number of benzene rings is 3. The van der Waals surface area contributed by atoms with Crippen molar-refractivity contribution in [1.29, 1.82) is 10.5 Å². The predicted octanol–water partition coefficient (Wildman–Crippen LogP) is 5.39. The Hall–Kier alpha value is -4.55. The minimum Gasteiger partial charge on any atom is -0.490 e. The Morgan fingerprint density at radius 1 is 1.00 bits per heavy atom. The van der Waals surface area contributed by atoms with Crippen LogP contribution in [0, 0.1) is 29.6 Å². The number of nitrogens with one attached hydrogen (secondary N) is 1. The van der Waals surface area contributed by atoms with Crippen LogP contribution >= 0.6 is 0 Å². The molecule has 0 radical (unpaired) electrons. The Kier molecular flexibility index (Phi) is 7.83. The van der Waals surface area contributed by atoms with Crippen molar-refractivity contribution >= 4 is 17.7 Å². The van der Waals surface area contributed by atoms with Gasteiger partial charge < -0.3 is 14.8 Å². The summed E-state index contributed by atoms with van der Waals surface area (Å²) in [7, 11) is 0. The number of hydrogen-bond donors (Lipinski definition) is 1. The summed E-state index contributed by atoms with van der Waals surface area (Å²) in [6.07, 6.45) is 1.50. The van der Waals surface area contributed by atoms with Gasteiger partial charge in [0.15, 0.2) is 11.5 Å². The fourth-order valence-corrected chi connectivity index (χ4v) is 3.13. The highest BCUT2D eigenvalue weighted by atomic mass is 16.5. The van der Waals surface area contributed by atoms with E-state index in [1.54, 1.807) is 36.4 Å². The van der Waals surface area contributed by atoms with Gasteiger partial charge in [-0.2, -0.15) is 10.5 Å². The zero-order valence-electron chi connectivity index (χ0n) is 18.5. The van der Waals surface area contributed by atoms with Crippen LogP contribution in [0.15, 0.2) is 72.3 Å². The van der Waals surface area contributed by atoms with Crippen molar-refractivity contribution in [2.45, 2.75) is 20.5 Å². The number of para-hydroxylation sites is 1. The summed E-state index contributed by atoms with van der Waals surface area (Å²) in [5, 5.41) is 21.6. The smallest absolute Gasteiger partial charge is 0.266 e. The summed E-state index contributed by atoms with van der Waals surface area (Å²) in [5.41, 5.74) is 3.47. The number of nitriles is 2. The van der Waals surface area contributed by atoms with Crippen molar-refractivity contribution in [3.63, 3.8) is 0 Å². The zero-order valence-corrected chi connectivity index (χ0v) is 18.5. The second-order valence-electron chi connectivity index (χ2n) is 7.14. The van der Waals surface area contributed by atoms with Crippen LogP contribution in [0.4, 0.5) is 5.69 Å².